The Hall–Kier alpha value is -1.52. The van der Waals surface area contributed by atoms with Gasteiger partial charge in [-0.3, -0.25) is 0 Å². The van der Waals surface area contributed by atoms with Crippen LogP contribution in [0.4, 0.5) is 0 Å². The fourth-order valence-corrected chi connectivity index (χ4v) is 2.16. The van der Waals surface area contributed by atoms with E-state index in [1.165, 1.54) is 6.21 Å². The van der Waals surface area contributed by atoms with Gasteiger partial charge in [0.2, 0.25) is 0 Å². The third-order valence-corrected chi connectivity index (χ3v) is 3.36. The van der Waals surface area contributed by atoms with E-state index in [2.05, 4.69) is 10.2 Å². The highest BCUT2D eigenvalue weighted by Gasteiger charge is 2.12. The van der Waals surface area contributed by atoms with E-state index in [4.69, 9.17) is 29.0 Å². The normalized spacial score (nSPS) is 11.3. The summed E-state index contributed by atoms with van der Waals surface area (Å²) in [5, 5.41) is 9.01. The van der Waals surface area contributed by atoms with E-state index in [-0.39, 0.29) is 0 Å². The molecule has 0 spiro atoms. The van der Waals surface area contributed by atoms with Crippen molar-refractivity contribution in [3.05, 3.63) is 51.3 Å². The molecule has 0 atom stereocenters. The van der Waals surface area contributed by atoms with Gasteiger partial charge in [0.05, 0.1) is 24.0 Å². The van der Waals surface area contributed by atoms with E-state index >= 15 is 0 Å². The highest BCUT2D eigenvalue weighted by Crippen LogP contribution is 2.22. The van der Waals surface area contributed by atoms with Crippen LogP contribution in [0.1, 0.15) is 16.8 Å². The first-order valence-electron chi connectivity index (χ1n) is 5.33. The van der Waals surface area contributed by atoms with Crippen molar-refractivity contribution in [2.75, 3.05) is 0 Å². The minimum Gasteiger partial charge on any atom is -0.323 e. The lowest BCUT2D eigenvalue weighted by atomic mass is 10.2. The molecule has 0 saturated heterocycles. The molecule has 18 heavy (non-hydrogen) atoms. The molecule has 6 heteroatoms. The van der Waals surface area contributed by atoms with E-state index in [1.807, 2.05) is 31.2 Å². The van der Waals surface area contributed by atoms with E-state index in [0.717, 1.165) is 16.8 Å². The first kappa shape index (κ1) is 12.9. The van der Waals surface area contributed by atoms with Gasteiger partial charge in [-0.25, -0.2) is 4.68 Å². The Morgan fingerprint density at radius 3 is 2.78 bits per heavy atom. The zero-order valence-electron chi connectivity index (χ0n) is 9.77. The molecule has 1 aromatic heterocycles. The third-order valence-electron chi connectivity index (χ3n) is 2.59. The number of aryl methyl sites for hydroxylation is 1. The molecule has 2 rings (SSSR count). The van der Waals surface area contributed by atoms with Gasteiger partial charge in [-0.05, 0) is 18.6 Å². The maximum absolute atomic E-state index is 6.22. The summed E-state index contributed by atoms with van der Waals surface area (Å²) in [6.45, 7) is 2.36. The predicted molar refractivity (Wildman–Crippen MR) is 74.3 cm³/mol. The van der Waals surface area contributed by atoms with Crippen LogP contribution >= 0.6 is 23.2 Å². The number of hydrogen-bond acceptors (Lipinski definition) is 3. The Bertz CT molecular complexity index is 590. The van der Waals surface area contributed by atoms with Crippen molar-refractivity contribution in [2.24, 2.45) is 10.9 Å². The average molecular weight is 283 g/mol. The van der Waals surface area contributed by atoms with E-state index in [9.17, 15) is 0 Å². The summed E-state index contributed by atoms with van der Waals surface area (Å²) in [6, 6.07) is 7.58. The Morgan fingerprint density at radius 2 is 2.11 bits per heavy atom. The number of halogens is 2. The molecule has 0 aliphatic rings. The summed E-state index contributed by atoms with van der Waals surface area (Å²) < 4.78 is 1.68. The lowest BCUT2D eigenvalue weighted by molar-refractivity contribution is 0.680. The fraction of sp³-hybridized carbons (Fsp3) is 0.167. The standard InChI is InChI=1S/C12H12Cl2N4/c1-8-10(6-16-15)12(14)18(17-8)7-9-4-2-3-5-11(9)13/h2-6H,7,15H2,1H3/b16-6-. The van der Waals surface area contributed by atoms with Crippen molar-refractivity contribution < 1.29 is 0 Å². The van der Waals surface area contributed by atoms with Crippen molar-refractivity contribution in [2.45, 2.75) is 13.5 Å². The van der Waals surface area contributed by atoms with Crippen molar-refractivity contribution >= 4 is 29.4 Å². The second kappa shape index (κ2) is 5.42. The number of rotatable bonds is 3. The smallest absolute Gasteiger partial charge is 0.136 e. The fourth-order valence-electron chi connectivity index (χ4n) is 1.68. The largest absolute Gasteiger partial charge is 0.323 e. The molecule has 1 heterocycles. The molecule has 2 aromatic rings. The van der Waals surface area contributed by atoms with Crippen LogP contribution in [0.5, 0.6) is 0 Å². The molecule has 4 nitrogen and oxygen atoms in total. The van der Waals surface area contributed by atoms with E-state index in [0.29, 0.717) is 16.7 Å². The molecular weight excluding hydrogens is 271 g/mol. The molecule has 0 aliphatic heterocycles. The van der Waals surface area contributed by atoms with Crippen molar-refractivity contribution in [1.82, 2.24) is 9.78 Å². The summed E-state index contributed by atoms with van der Waals surface area (Å²) in [6.07, 6.45) is 1.49. The Labute approximate surface area is 115 Å². The highest BCUT2D eigenvalue weighted by atomic mass is 35.5. The Balaban J connectivity index is 2.36. The van der Waals surface area contributed by atoms with E-state index in [1.54, 1.807) is 4.68 Å². The predicted octanol–water partition coefficient (Wildman–Crippen LogP) is 2.84. The van der Waals surface area contributed by atoms with Crippen LogP contribution in [0.2, 0.25) is 10.2 Å². The summed E-state index contributed by atoms with van der Waals surface area (Å²) in [4.78, 5) is 0. The van der Waals surface area contributed by atoms with E-state index < -0.39 is 0 Å². The minimum atomic E-state index is 0.501. The summed E-state index contributed by atoms with van der Waals surface area (Å²) in [7, 11) is 0. The number of hydrogen-bond donors (Lipinski definition) is 1. The average Bonchev–Trinajstić information content (AvgIpc) is 2.60. The first-order valence-corrected chi connectivity index (χ1v) is 6.08. The molecule has 0 amide bonds. The lowest BCUT2D eigenvalue weighted by Crippen LogP contribution is -2.02. The molecule has 0 radical (unpaired) electrons. The monoisotopic (exact) mass is 282 g/mol. The number of aromatic nitrogens is 2. The third kappa shape index (κ3) is 2.49. The van der Waals surface area contributed by atoms with Gasteiger partial charge in [0.25, 0.3) is 0 Å². The Morgan fingerprint density at radius 1 is 1.39 bits per heavy atom. The van der Waals surface area contributed by atoms with Gasteiger partial charge < -0.3 is 5.84 Å². The summed E-state index contributed by atoms with van der Waals surface area (Å²) >= 11 is 12.3. The summed E-state index contributed by atoms with van der Waals surface area (Å²) in [5.74, 6) is 5.14. The molecule has 0 saturated carbocycles. The van der Waals surface area contributed by atoms with Gasteiger partial charge in [-0.15, -0.1) is 0 Å². The maximum atomic E-state index is 6.22. The second-order valence-corrected chi connectivity index (χ2v) is 4.58. The second-order valence-electron chi connectivity index (χ2n) is 3.82. The molecule has 0 unspecified atom stereocenters. The van der Waals surface area contributed by atoms with Gasteiger partial charge in [0.1, 0.15) is 5.15 Å². The van der Waals surface area contributed by atoms with Gasteiger partial charge >= 0.3 is 0 Å². The van der Waals surface area contributed by atoms with Crippen molar-refractivity contribution in [1.29, 1.82) is 0 Å². The van der Waals surface area contributed by atoms with Gasteiger partial charge in [0, 0.05) is 5.02 Å². The van der Waals surface area contributed by atoms with Crippen LogP contribution in [0.3, 0.4) is 0 Å². The van der Waals surface area contributed by atoms with Crippen LogP contribution < -0.4 is 5.84 Å². The van der Waals surface area contributed by atoms with Gasteiger partial charge in [0.15, 0.2) is 0 Å². The number of nitrogens with zero attached hydrogens (tertiary/aromatic N) is 3. The van der Waals surface area contributed by atoms with Crippen molar-refractivity contribution in [3.8, 4) is 0 Å². The maximum Gasteiger partial charge on any atom is 0.136 e. The topological polar surface area (TPSA) is 56.2 Å². The van der Waals surface area contributed by atoms with Crippen LogP contribution in [0, 0.1) is 6.92 Å². The van der Waals surface area contributed by atoms with Crippen LogP contribution in [0.25, 0.3) is 0 Å². The molecule has 0 aliphatic carbocycles. The summed E-state index contributed by atoms with van der Waals surface area (Å²) in [5.41, 5.74) is 2.47. The number of hydrazone groups is 1. The number of benzene rings is 1. The highest BCUT2D eigenvalue weighted by molar-refractivity contribution is 6.32. The van der Waals surface area contributed by atoms with Crippen molar-refractivity contribution in [3.63, 3.8) is 0 Å². The molecule has 1 aromatic carbocycles. The first-order chi connectivity index (χ1) is 8.63. The molecular formula is C12H12Cl2N4. The quantitative estimate of drug-likeness (QED) is 0.535. The van der Waals surface area contributed by atoms with Gasteiger partial charge in [-0.1, -0.05) is 41.4 Å². The lowest BCUT2D eigenvalue weighted by Gasteiger charge is -2.05. The van der Waals surface area contributed by atoms with Crippen LogP contribution in [-0.4, -0.2) is 16.0 Å². The van der Waals surface area contributed by atoms with Crippen LogP contribution in [-0.2, 0) is 6.54 Å². The SMILES string of the molecule is Cc1nn(Cc2ccccc2Cl)c(Cl)c1/C=N\N. The molecule has 2 N–H and O–H groups in total. The minimum absolute atomic E-state index is 0.501. The number of nitrogens with two attached hydrogens (primary N) is 1. The zero-order valence-corrected chi connectivity index (χ0v) is 11.3. The molecule has 0 fully saturated rings. The van der Waals surface area contributed by atoms with Crippen LogP contribution in [0.15, 0.2) is 29.4 Å². The van der Waals surface area contributed by atoms with Gasteiger partial charge in [-0.2, -0.15) is 10.2 Å². The zero-order chi connectivity index (χ0) is 13.1. The molecule has 0 bridgehead atoms. The molecule has 94 valence electrons. The Kier molecular flexibility index (Phi) is 3.89.